The Labute approximate surface area is 120 Å². The van der Waals surface area contributed by atoms with Gasteiger partial charge in [0, 0.05) is 6.54 Å². The first-order valence-corrected chi connectivity index (χ1v) is 7.12. The molecule has 1 amide bonds. The quantitative estimate of drug-likeness (QED) is 0.777. The van der Waals surface area contributed by atoms with Gasteiger partial charge in [0.2, 0.25) is 5.91 Å². The molecule has 1 N–H and O–H groups in total. The first-order chi connectivity index (χ1) is 9.76. The monoisotopic (exact) mass is 274 g/mol. The molecular formula is C16H22N2O2. The van der Waals surface area contributed by atoms with Crippen LogP contribution in [0.2, 0.25) is 0 Å². The van der Waals surface area contributed by atoms with Crippen molar-refractivity contribution in [1.29, 1.82) is 0 Å². The molecule has 0 radical (unpaired) electrons. The van der Waals surface area contributed by atoms with Crippen LogP contribution >= 0.6 is 0 Å². The first-order valence-electron chi connectivity index (χ1n) is 7.12. The van der Waals surface area contributed by atoms with Crippen molar-refractivity contribution < 1.29 is 9.53 Å². The molecule has 1 unspecified atom stereocenters. The molecule has 0 aromatic heterocycles. The highest BCUT2D eigenvalue weighted by atomic mass is 16.5. The predicted octanol–water partition coefficient (Wildman–Crippen LogP) is 2.48. The number of ether oxygens (including phenoxy) is 1. The summed E-state index contributed by atoms with van der Waals surface area (Å²) in [6, 6.07) is 7.88. The van der Waals surface area contributed by atoms with E-state index in [4.69, 9.17) is 4.74 Å². The summed E-state index contributed by atoms with van der Waals surface area (Å²) in [6.07, 6.45) is 3.83. The van der Waals surface area contributed by atoms with Gasteiger partial charge in [0.05, 0.1) is 6.54 Å². The van der Waals surface area contributed by atoms with Gasteiger partial charge in [0.1, 0.15) is 18.5 Å². The van der Waals surface area contributed by atoms with Gasteiger partial charge >= 0.3 is 0 Å². The number of amides is 1. The Kier molecular flexibility index (Phi) is 5.18. The molecule has 1 aliphatic rings. The number of nitrogens with zero attached hydrogens (tertiary/aromatic N) is 1. The largest absolute Gasteiger partial charge is 0.490 e. The number of carbonyl (C=O) groups excluding carboxylic acids is 1. The van der Waals surface area contributed by atoms with Gasteiger partial charge in [0.15, 0.2) is 0 Å². The average molecular weight is 274 g/mol. The number of unbranched alkanes of at least 4 members (excludes halogenated alkanes) is 1. The van der Waals surface area contributed by atoms with E-state index in [9.17, 15) is 4.79 Å². The molecule has 4 heteroatoms. The van der Waals surface area contributed by atoms with Crippen LogP contribution in [0, 0.1) is 0 Å². The van der Waals surface area contributed by atoms with E-state index in [1.807, 2.05) is 29.2 Å². The number of nitrogens with one attached hydrogen (secondary N) is 1. The van der Waals surface area contributed by atoms with Crippen LogP contribution in [0.25, 0.3) is 0 Å². The summed E-state index contributed by atoms with van der Waals surface area (Å²) in [7, 11) is 0. The number of hydrogen-bond acceptors (Lipinski definition) is 3. The van der Waals surface area contributed by atoms with Crippen molar-refractivity contribution in [3.05, 3.63) is 42.5 Å². The van der Waals surface area contributed by atoms with E-state index in [-0.39, 0.29) is 12.1 Å². The molecule has 2 rings (SSSR count). The summed E-state index contributed by atoms with van der Waals surface area (Å²) in [5.74, 6) is 0.994. The SMILES string of the molecule is C=CCOc1ccc(C2NCC(=O)N2CCCC)cc1. The third-order valence-corrected chi connectivity index (χ3v) is 3.39. The number of benzene rings is 1. The third-order valence-electron chi connectivity index (χ3n) is 3.39. The van der Waals surface area contributed by atoms with Crippen LogP contribution in [0.3, 0.4) is 0 Å². The lowest BCUT2D eigenvalue weighted by atomic mass is 10.1. The van der Waals surface area contributed by atoms with Crippen molar-refractivity contribution in [2.24, 2.45) is 0 Å². The van der Waals surface area contributed by atoms with Crippen molar-refractivity contribution in [3.63, 3.8) is 0 Å². The van der Waals surface area contributed by atoms with E-state index in [0.29, 0.717) is 13.2 Å². The van der Waals surface area contributed by atoms with E-state index < -0.39 is 0 Å². The van der Waals surface area contributed by atoms with Gasteiger partial charge in [0.25, 0.3) is 0 Å². The predicted molar refractivity (Wildman–Crippen MR) is 79.5 cm³/mol. The Hall–Kier alpha value is -1.81. The zero-order valence-corrected chi connectivity index (χ0v) is 12.0. The fraction of sp³-hybridized carbons (Fsp3) is 0.438. The maximum Gasteiger partial charge on any atom is 0.238 e. The molecule has 0 spiro atoms. The van der Waals surface area contributed by atoms with Crippen molar-refractivity contribution >= 4 is 5.91 Å². The van der Waals surface area contributed by atoms with Crippen LogP contribution in [0.15, 0.2) is 36.9 Å². The Morgan fingerprint density at radius 2 is 2.20 bits per heavy atom. The van der Waals surface area contributed by atoms with Gasteiger partial charge in [-0.1, -0.05) is 38.1 Å². The van der Waals surface area contributed by atoms with E-state index in [2.05, 4.69) is 18.8 Å². The van der Waals surface area contributed by atoms with Gasteiger partial charge in [-0.25, -0.2) is 0 Å². The molecule has 20 heavy (non-hydrogen) atoms. The smallest absolute Gasteiger partial charge is 0.238 e. The fourth-order valence-corrected chi connectivity index (χ4v) is 2.32. The lowest BCUT2D eigenvalue weighted by Crippen LogP contribution is -2.31. The Morgan fingerprint density at radius 3 is 2.85 bits per heavy atom. The zero-order valence-electron chi connectivity index (χ0n) is 12.0. The molecular weight excluding hydrogens is 252 g/mol. The van der Waals surface area contributed by atoms with E-state index >= 15 is 0 Å². The number of rotatable bonds is 7. The molecule has 108 valence electrons. The van der Waals surface area contributed by atoms with Crippen molar-refractivity contribution in [1.82, 2.24) is 10.2 Å². The lowest BCUT2D eigenvalue weighted by Gasteiger charge is -2.24. The zero-order chi connectivity index (χ0) is 14.4. The molecule has 0 saturated carbocycles. The summed E-state index contributed by atoms with van der Waals surface area (Å²) in [5, 5.41) is 3.26. The van der Waals surface area contributed by atoms with Crippen LogP contribution in [0.4, 0.5) is 0 Å². The topological polar surface area (TPSA) is 41.6 Å². The molecule has 1 saturated heterocycles. The Morgan fingerprint density at radius 1 is 1.45 bits per heavy atom. The second kappa shape index (κ2) is 7.10. The second-order valence-electron chi connectivity index (χ2n) is 4.89. The van der Waals surface area contributed by atoms with Crippen LogP contribution in [-0.4, -0.2) is 30.5 Å². The van der Waals surface area contributed by atoms with Crippen LogP contribution in [0.5, 0.6) is 5.75 Å². The minimum Gasteiger partial charge on any atom is -0.490 e. The Balaban J connectivity index is 2.05. The van der Waals surface area contributed by atoms with Crippen LogP contribution < -0.4 is 10.1 Å². The first kappa shape index (κ1) is 14.6. The molecule has 4 nitrogen and oxygen atoms in total. The number of carbonyl (C=O) groups is 1. The molecule has 1 atom stereocenters. The highest BCUT2D eigenvalue weighted by Gasteiger charge is 2.30. The maximum absolute atomic E-state index is 11.9. The lowest BCUT2D eigenvalue weighted by molar-refractivity contribution is -0.128. The summed E-state index contributed by atoms with van der Waals surface area (Å²) in [6.45, 7) is 7.49. The molecule has 1 aromatic carbocycles. The van der Waals surface area contributed by atoms with Crippen molar-refractivity contribution in [2.45, 2.75) is 25.9 Å². The molecule has 1 aromatic rings. The Bertz CT molecular complexity index is 456. The highest BCUT2D eigenvalue weighted by molar-refractivity contribution is 5.80. The third kappa shape index (κ3) is 3.39. The minimum absolute atomic E-state index is 0.0116. The summed E-state index contributed by atoms with van der Waals surface area (Å²) < 4.78 is 5.47. The molecule has 1 heterocycles. The molecule has 1 aliphatic heterocycles. The average Bonchev–Trinajstić information content (AvgIpc) is 2.84. The summed E-state index contributed by atoms with van der Waals surface area (Å²) in [5.41, 5.74) is 1.10. The molecule has 1 fully saturated rings. The van der Waals surface area contributed by atoms with Gasteiger partial charge in [-0.15, -0.1) is 0 Å². The van der Waals surface area contributed by atoms with Crippen molar-refractivity contribution in [3.8, 4) is 5.75 Å². The second-order valence-corrected chi connectivity index (χ2v) is 4.89. The standard InChI is InChI=1S/C16H22N2O2/c1-3-5-10-18-15(19)12-17-16(18)13-6-8-14(9-7-13)20-11-4-2/h4,6-9,16-17H,2-3,5,10-12H2,1H3. The fourth-order valence-electron chi connectivity index (χ4n) is 2.32. The minimum atomic E-state index is -0.0116. The van der Waals surface area contributed by atoms with Crippen LogP contribution in [0.1, 0.15) is 31.5 Å². The van der Waals surface area contributed by atoms with E-state index in [0.717, 1.165) is 30.7 Å². The van der Waals surface area contributed by atoms with Gasteiger partial charge in [-0.2, -0.15) is 0 Å². The highest BCUT2D eigenvalue weighted by Crippen LogP contribution is 2.24. The van der Waals surface area contributed by atoms with E-state index in [1.165, 1.54) is 0 Å². The number of hydrogen-bond donors (Lipinski definition) is 1. The summed E-state index contributed by atoms with van der Waals surface area (Å²) >= 11 is 0. The maximum atomic E-state index is 11.9. The van der Waals surface area contributed by atoms with Gasteiger partial charge in [-0.3, -0.25) is 10.1 Å². The van der Waals surface area contributed by atoms with Crippen molar-refractivity contribution in [2.75, 3.05) is 19.7 Å². The molecule has 0 bridgehead atoms. The normalized spacial score (nSPS) is 18.4. The summed E-state index contributed by atoms with van der Waals surface area (Å²) in [4.78, 5) is 13.8. The molecule has 0 aliphatic carbocycles. The van der Waals surface area contributed by atoms with E-state index in [1.54, 1.807) is 6.08 Å². The van der Waals surface area contributed by atoms with Crippen LogP contribution in [-0.2, 0) is 4.79 Å². The van der Waals surface area contributed by atoms with Gasteiger partial charge < -0.3 is 9.64 Å². The van der Waals surface area contributed by atoms with Gasteiger partial charge in [-0.05, 0) is 24.1 Å².